The molecule has 2 aromatic carbocycles. The molecule has 0 aliphatic heterocycles. The number of aromatic nitrogens is 1. The van der Waals surface area contributed by atoms with Crippen molar-refractivity contribution in [2.45, 2.75) is 13.8 Å². The van der Waals surface area contributed by atoms with E-state index in [4.69, 9.17) is 9.47 Å². The molecule has 0 spiro atoms. The minimum Gasteiger partial charge on any atom is -0.493 e. The lowest BCUT2D eigenvalue weighted by Gasteiger charge is -2.11. The number of ether oxygens (including phenoxy) is 2. The molecule has 1 amide bonds. The third-order valence-electron chi connectivity index (χ3n) is 4.38. The molecule has 1 heterocycles. The molecule has 0 bridgehead atoms. The summed E-state index contributed by atoms with van der Waals surface area (Å²) < 4.78 is 13.8. The van der Waals surface area contributed by atoms with Gasteiger partial charge in [0.1, 0.15) is 0 Å². The van der Waals surface area contributed by atoms with Crippen LogP contribution in [0.2, 0.25) is 0 Å². The number of para-hydroxylation sites is 3. The zero-order valence-electron chi connectivity index (χ0n) is 16.5. The lowest BCUT2D eigenvalue weighted by Crippen LogP contribution is -2.24. The normalized spacial score (nSPS) is 10.9. The fourth-order valence-corrected chi connectivity index (χ4v) is 3.47. The average Bonchev–Trinajstić information content (AvgIpc) is 3.00. The third-order valence-corrected chi connectivity index (χ3v) is 5.05. The van der Waals surface area contributed by atoms with Crippen molar-refractivity contribution >= 4 is 28.1 Å². The predicted molar refractivity (Wildman–Crippen MR) is 117 cm³/mol. The molecule has 150 valence electrons. The maximum absolute atomic E-state index is 12.0. The predicted octanol–water partition coefficient (Wildman–Crippen LogP) is 4.39. The Labute approximate surface area is 178 Å². The molecule has 6 nitrogen and oxygen atoms in total. The first-order chi connectivity index (χ1) is 14.0. The van der Waals surface area contributed by atoms with Crippen molar-refractivity contribution in [1.82, 2.24) is 9.99 Å². The molecule has 0 fully saturated rings. The summed E-state index contributed by atoms with van der Waals surface area (Å²) in [6.45, 7) is 3.89. The van der Waals surface area contributed by atoms with Gasteiger partial charge < -0.3 is 14.0 Å². The Bertz CT molecular complexity index is 1040. The van der Waals surface area contributed by atoms with Crippen LogP contribution in [0.4, 0.5) is 0 Å². The van der Waals surface area contributed by atoms with E-state index in [9.17, 15) is 4.79 Å². The standard InChI is InChI=1S/C22H22BrN3O3/c1-15-12-17(16(2)26(15)19-9-5-4-8-18(19)23)13-24-25-22(27)14-29-21-11-7-6-10-20(21)28-3/h4-13H,14H2,1-3H3,(H,25,27)/b24-13+. The Morgan fingerprint density at radius 2 is 1.83 bits per heavy atom. The molecule has 0 saturated heterocycles. The van der Waals surface area contributed by atoms with E-state index in [2.05, 4.69) is 31.0 Å². The van der Waals surface area contributed by atoms with Gasteiger partial charge in [0.05, 0.1) is 19.0 Å². The van der Waals surface area contributed by atoms with Crippen molar-refractivity contribution < 1.29 is 14.3 Å². The highest BCUT2D eigenvalue weighted by Crippen LogP contribution is 2.26. The fourth-order valence-electron chi connectivity index (χ4n) is 3.01. The van der Waals surface area contributed by atoms with Crippen molar-refractivity contribution in [3.05, 3.63) is 76.0 Å². The molecule has 1 N–H and O–H groups in total. The monoisotopic (exact) mass is 455 g/mol. The number of aryl methyl sites for hydroxylation is 1. The van der Waals surface area contributed by atoms with E-state index >= 15 is 0 Å². The van der Waals surface area contributed by atoms with E-state index in [1.807, 2.05) is 56.3 Å². The van der Waals surface area contributed by atoms with Gasteiger partial charge in [-0.1, -0.05) is 24.3 Å². The second-order valence-corrected chi connectivity index (χ2v) is 7.20. The topological polar surface area (TPSA) is 64.8 Å². The summed E-state index contributed by atoms with van der Waals surface area (Å²) in [4.78, 5) is 12.0. The number of benzene rings is 2. The molecule has 0 saturated carbocycles. The number of halogens is 1. The van der Waals surface area contributed by atoms with Gasteiger partial charge >= 0.3 is 0 Å². The number of methoxy groups -OCH3 is 1. The summed E-state index contributed by atoms with van der Waals surface area (Å²) in [6.07, 6.45) is 1.64. The van der Waals surface area contributed by atoms with E-state index in [1.165, 1.54) is 0 Å². The van der Waals surface area contributed by atoms with Crippen molar-refractivity contribution in [3.8, 4) is 17.2 Å². The summed E-state index contributed by atoms with van der Waals surface area (Å²) in [5, 5.41) is 4.07. The fraction of sp³-hybridized carbons (Fsp3) is 0.182. The number of hydrazone groups is 1. The highest BCUT2D eigenvalue weighted by atomic mass is 79.9. The molecule has 0 aliphatic rings. The lowest BCUT2D eigenvalue weighted by atomic mass is 10.2. The van der Waals surface area contributed by atoms with Crippen LogP contribution in [0.25, 0.3) is 5.69 Å². The van der Waals surface area contributed by atoms with Crippen LogP contribution in [0.5, 0.6) is 11.5 Å². The van der Waals surface area contributed by atoms with Gasteiger partial charge in [0, 0.05) is 21.4 Å². The van der Waals surface area contributed by atoms with Gasteiger partial charge in [0.25, 0.3) is 5.91 Å². The van der Waals surface area contributed by atoms with Crippen LogP contribution in [-0.2, 0) is 4.79 Å². The Kier molecular flexibility index (Phi) is 6.72. The lowest BCUT2D eigenvalue weighted by molar-refractivity contribution is -0.123. The van der Waals surface area contributed by atoms with Crippen LogP contribution in [0, 0.1) is 13.8 Å². The van der Waals surface area contributed by atoms with Crippen LogP contribution < -0.4 is 14.9 Å². The van der Waals surface area contributed by atoms with E-state index in [0.29, 0.717) is 11.5 Å². The number of amides is 1. The maximum Gasteiger partial charge on any atom is 0.277 e. The number of rotatable bonds is 7. The van der Waals surface area contributed by atoms with Gasteiger partial charge in [0.2, 0.25) is 0 Å². The molecule has 3 rings (SSSR count). The highest BCUT2D eigenvalue weighted by Gasteiger charge is 2.11. The smallest absolute Gasteiger partial charge is 0.277 e. The van der Waals surface area contributed by atoms with Crippen LogP contribution in [0.1, 0.15) is 17.0 Å². The van der Waals surface area contributed by atoms with Gasteiger partial charge in [-0.3, -0.25) is 4.79 Å². The summed E-state index contributed by atoms with van der Waals surface area (Å²) in [6, 6.07) is 17.2. The molecular formula is C22H22BrN3O3. The molecule has 29 heavy (non-hydrogen) atoms. The number of hydrogen-bond donors (Lipinski definition) is 1. The van der Waals surface area contributed by atoms with Crippen LogP contribution in [-0.4, -0.2) is 30.4 Å². The largest absolute Gasteiger partial charge is 0.493 e. The quantitative estimate of drug-likeness (QED) is 0.424. The first-order valence-electron chi connectivity index (χ1n) is 9.03. The highest BCUT2D eigenvalue weighted by molar-refractivity contribution is 9.10. The first-order valence-corrected chi connectivity index (χ1v) is 9.82. The molecule has 0 unspecified atom stereocenters. The number of carbonyl (C=O) groups excluding carboxylic acids is 1. The zero-order chi connectivity index (χ0) is 20.8. The van der Waals surface area contributed by atoms with Crippen molar-refractivity contribution in [2.24, 2.45) is 5.10 Å². The first kappa shape index (κ1) is 20.7. The number of hydrogen-bond acceptors (Lipinski definition) is 4. The second-order valence-electron chi connectivity index (χ2n) is 6.35. The Balaban J connectivity index is 1.64. The Morgan fingerprint density at radius 1 is 1.14 bits per heavy atom. The van der Waals surface area contributed by atoms with Gasteiger partial charge in [-0.25, -0.2) is 5.43 Å². The van der Waals surface area contributed by atoms with Gasteiger partial charge in [0.15, 0.2) is 18.1 Å². The number of nitrogens with one attached hydrogen (secondary N) is 1. The number of carbonyl (C=O) groups is 1. The summed E-state index contributed by atoms with van der Waals surface area (Å²) in [7, 11) is 1.55. The van der Waals surface area contributed by atoms with Crippen LogP contribution in [0.3, 0.4) is 0 Å². The van der Waals surface area contributed by atoms with Crippen LogP contribution in [0.15, 0.2) is 64.2 Å². The molecular weight excluding hydrogens is 434 g/mol. The van der Waals surface area contributed by atoms with Crippen LogP contribution >= 0.6 is 15.9 Å². The van der Waals surface area contributed by atoms with Crippen molar-refractivity contribution in [1.29, 1.82) is 0 Å². The molecule has 3 aromatic rings. The van der Waals surface area contributed by atoms with E-state index in [0.717, 1.165) is 27.1 Å². The third kappa shape index (κ3) is 4.86. The van der Waals surface area contributed by atoms with E-state index in [-0.39, 0.29) is 12.5 Å². The number of nitrogens with zero attached hydrogens (tertiary/aromatic N) is 2. The van der Waals surface area contributed by atoms with E-state index < -0.39 is 0 Å². The summed E-state index contributed by atoms with van der Waals surface area (Å²) in [5.41, 5.74) is 6.56. The van der Waals surface area contributed by atoms with Gasteiger partial charge in [-0.15, -0.1) is 0 Å². The maximum atomic E-state index is 12.0. The SMILES string of the molecule is COc1ccccc1OCC(=O)N/N=C/c1cc(C)n(-c2ccccc2Br)c1C. The average molecular weight is 456 g/mol. The zero-order valence-corrected chi connectivity index (χ0v) is 18.1. The van der Waals surface area contributed by atoms with Crippen molar-refractivity contribution in [2.75, 3.05) is 13.7 Å². The Hall–Kier alpha value is -3.06. The summed E-state index contributed by atoms with van der Waals surface area (Å²) in [5.74, 6) is 0.723. The van der Waals surface area contributed by atoms with Gasteiger partial charge in [-0.05, 0) is 60.1 Å². The Morgan fingerprint density at radius 3 is 2.55 bits per heavy atom. The van der Waals surface area contributed by atoms with Crippen molar-refractivity contribution in [3.63, 3.8) is 0 Å². The van der Waals surface area contributed by atoms with Gasteiger partial charge in [-0.2, -0.15) is 5.10 Å². The molecule has 0 radical (unpaired) electrons. The minimum absolute atomic E-state index is 0.159. The minimum atomic E-state index is -0.355. The summed E-state index contributed by atoms with van der Waals surface area (Å²) >= 11 is 3.59. The van der Waals surface area contributed by atoms with E-state index in [1.54, 1.807) is 25.5 Å². The molecule has 1 aromatic heterocycles. The molecule has 0 atom stereocenters. The molecule has 0 aliphatic carbocycles. The molecule has 7 heteroatoms. The second kappa shape index (κ2) is 9.43.